The molecule has 0 aromatic heterocycles. The largest absolute Gasteiger partial charge is 0.337 e. The monoisotopic (exact) mass is 199 g/mol. The number of carbonyl (C=O) groups is 1. The first-order chi connectivity index (χ1) is 6.61. The molecule has 0 spiro atoms. The normalized spacial score (nSPS) is 28.6. The number of carbonyl (C=O) groups excluding carboxylic acids is 1. The van der Waals surface area contributed by atoms with Crippen molar-refractivity contribution in [1.82, 2.24) is 4.90 Å². The molecule has 82 valence electrons. The van der Waals surface area contributed by atoms with Crippen molar-refractivity contribution in [1.29, 1.82) is 0 Å². The first-order valence-corrected chi connectivity index (χ1v) is 5.72. The number of hydrogen-bond donors (Lipinski definition) is 0. The Morgan fingerprint density at radius 1 is 1.29 bits per heavy atom. The summed E-state index contributed by atoms with van der Waals surface area (Å²) in [5, 5.41) is 0. The summed E-state index contributed by atoms with van der Waals surface area (Å²) in [5.41, 5.74) is 0. The van der Waals surface area contributed by atoms with E-state index in [2.05, 4.69) is 14.0 Å². The van der Waals surface area contributed by atoms with E-state index in [0.717, 1.165) is 30.5 Å². The molecule has 3 heteroatoms. The van der Waals surface area contributed by atoms with Crippen LogP contribution in [0.4, 0.5) is 0 Å². The molecule has 0 saturated carbocycles. The van der Waals surface area contributed by atoms with Gasteiger partial charge in [0.2, 0.25) is 5.91 Å². The van der Waals surface area contributed by atoms with E-state index in [1.54, 1.807) is 0 Å². The van der Waals surface area contributed by atoms with Crippen molar-refractivity contribution in [2.45, 2.75) is 26.7 Å². The molecule has 0 aromatic carbocycles. The van der Waals surface area contributed by atoms with Gasteiger partial charge in [0.25, 0.3) is 0 Å². The molecule has 0 radical (unpaired) electrons. The van der Waals surface area contributed by atoms with E-state index < -0.39 is 0 Å². The molecule has 1 aliphatic rings. The lowest BCUT2D eigenvalue weighted by Crippen LogP contribution is -2.46. The van der Waals surface area contributed by atoms with Crippen LogP contribution in [0.2, 0.25) is 0 Å². The quantitative estimate of drug-likeness (QED) is 0.610. The average Bonchev–Trinajstić information content (AvgIpc) is 2.40. The fourth-order valence-electron chi connectivity index (χ4n) is 2.02. The van der Waals surface area contributed by atoms with Crippen LogP contribution in [-0.4, -0.2) is 55.1 Å². The second-order valence-corrected chi connectivity index (χ2v) is 4.47. The van der Waals surface area contributed by atoms with Crippen LogP contribution >= 0.6 is 0 Å². The summed E-state index contributed by atoms with van der Waals surface area (Å²) in [7, 11) is 2.29. The molecule has 1 aliphatic heterocycles. The minimum Gasteiger partial charge on any atom is -0.337 e. The molecule has 1 unspecified atom stereocenters. The molecule has 0 aliphatic carbocycles. The lowest BCUT2D eigenvalue weighted by Gasteiger charge is -2.31. The molecule has 3 nitrogen and oxygen atoms in total. The average molecular weight is 199 g/mol. The van der Waals surface area contributed by atoms with E-state index in [4.69, 9.17) is 0 Å². The van der Waals surface area contributed by atoms with Crippen molar-refractivity contribution in [3.05, 3.63) is 0 Å². The zero-order valence-corrected chi connectivity index (χ0v) is 9.75. The van der Waals surface area contributed by atoms with E-state index in [1.807, 2.05) is 11.8 Å². The van der Waals surface area contributed by atoms with Gasteiger partial charge < -0.3 is 9.38 Å². The van der Waals surface area contributed by atoms with Gasteiger partial charge in [0.05, 0.1) is 33.2 Å². The van der Waals surface area contributed by atoms with Crippen LogP contribution < -0.4 is 0 Å². The fourth-order valence-corrected chi connectivity index (χ4v) is 2.02. The molecular weight excluding hydrogens is 176 g/mol. The fraction of sp³-hybridized carbons (Fsp3) is 0.909. The molecule has 0 bridgehead atoms. The third kappa shape index (κ3) is 2.71. The second-order valence-electron chi connectivity index (χ2n) is 4.47. The van der Waals surface area contributed by atoms with E-state index in [1.165, 1.54) is 13.1 Å². The molecule has 0 aromatic rings. The van der Waals surface area contributed by atoms with Crippen LogP contribution in [0.3, 0.4) is 0 Å². The standard InChI is InChI=1S/C11H23N2O/c1-4-11(14)12-7-6-9-13(3,5-2)10-8-12/h4-10H2,1-3H3/q+1. The summed E-state index contributed by atoms with van der Waals surface area (Å²) in [6, 6.07) is 0. The SMILES string of the molecule is CCC(=O)N1CCC[N+](C)(CC)CC1. The van der Waals surface area contributed by atoms with Gasteiger partial charge in [-0.2, -0.15) is 0 Å². The van der Waals surface area contributed by atoms with Crippen molar-refractivity contribution in [2.24, 2.45) is 0 Å². The number of quaternary nitrogens is 1. The van der Waals surface area contributed by atoms with Crippen molar-refractivity contribution >= 4 is 5.91 Å². The summed E-state index contributed by atoms with van der Waals surface area (Å²) in [6.07, 6.45) is 1.80. The zero-order chi connectivity index (χ0) is 10.6. The summed E-state index contributed by atoms with van der Waals surface area (Å²) in [6.45, 7) is 9.58. The molecule has 1 fully saturated rings. The first kappa shape index (κ1) is 11.5. The van der Waals surface area contributed by atoms with Gasteiger partial charge in [0.15, 0.2) is 0 Å². The Kier molecular flexibility index (Phi) is 3.93. The molecule has 1 rings (SSSR count). The van der Waals surface area contributed by atoms with Crippen LogP contribution in [0.25, 0.3) is 0 Å². The summed E-state index contributed by atoms with van der Waals surface area (Å²) < 4.78 is 1.12. The highest BCUT2D eigenvalue weighted by Gasteiger charge is 2.25. The van der Waals surface area contributed by atoms with E-state index in [-0.39, 0.29) is 0 Å². The van der Waals surface area contributed by atoms with Crippen molar-refractivity contribution in [3.8, 4) is 0 Å². The van der Waals surface area contributed by atoms with Gasteiger partial charge in [-0.3, -0.25) is 4.79 Å². The van der Waals surface area contributed by atoms with Crippen LogP contribution in [-0.2, 0) is 4.79 Å². The van der Waals surface area contributed by atoms with Gasteiger partial charge in [0.1, 0.15) is 0 Å². The van der Waals surface area contributed by atoms with E-state index >= 15 is 0 Å². The van der Waals surface area contributed by atoms with Gasteiger partial charge in [-0.1, -0.05) is 6.92 Å². The predicted molar refractivity (Wildman–Crippen MR) is 57.9 cm³/mol. The molecule has 1 saturated heterocycles. The molecule has 1 atom stereocenters. The maximum Gasteiger partial charge on any atom is 0.222 e. The Morgan fingerprint density at radius 3 is 2.57 bits per heavy atom. The highest BCUT2D eigenvalue weighted by molar-refractivity contribution is 5.75. The smallest absolute Gasteiger partial charge is 0.222 e. The van der Waals surface area contributed by atoms with E-state index in [9.17, 15) is 4.79 Å². The van der Waals surface area contributed by atoms with Crippen LogP contribution in [0.5, 0.6) is 0 Å². The number of amides is 1. The summed E-state index contributed by atoms with van der Waals surface area (Å²) >= 11 is 0. The number of nitrogens with zero attached hydrogens (tertiary/aromatic N) is 2. The van der Waals surface area contributed by atoms with Gasteiger partial charge in [-0.25, -0.2) is 0 Å². The van der Waals surface area contributed by atoms with Crippen molar-refractivity contribution in [3.63, 3.8) is 0 Å². The highest BCUT2D eigenvalue weighted by Crippen LogP contribution is 2.10. The molecular formula is C11H23N2O+. The van der Waals surface area contributed by atoms with Crippen LogP contribution in [0.1, 0.15) is 26.7 Å². The third-order valence-corrected chi connectivity index (χ3v) is 3.45. The van der Waals surface area contributed by atoms with Gasteiger partial charge in [-0.05, 0) is 6.92 Å². The minimum absolute atomic E-state index is 0.314. The Labute approximate surface area is 87.3 Å². The highest BCUT2D eigenvalue weighted by atomic mass is 16.2. The van der Waals surface area contributed by atoms with Gasteiger partial charge in [-0.15, -0.1) is 0 Å². The third-order valence-electron chi connectivity index (χ3n) is 3.45. The lowest BCUT2D eigenvalue weighted by molar-refractivity contribution is -0.905. The Bertz CT molecular complexity index is 205. The lowest BCUT2D eigenvalue weighted by atomic mass is 10.3. The van der Waals surface area contributed by atoms with E-state index in [0.29, 0.717) is 12.3 Å². The first-order valence-electron chi connectivity index (χ1n) is 5.72. The van der Waals surface area contributed by atoms with Gasteiger partial charge >= 0.3 is 0 Å². The Hall–Kier alpha value is -0.570. The molecule has 0 N–H and O–H groups in total. The minimum atomic E-state index is 0.314. The van der Waals surface area contributed by atoms with Crippen LogP contribution in [0.15, 0.2) is 0 Å². The topological polar surface area (TPSA) is 20.3 Å². The second kappa shape index (κ2) is 4.78. The molecule has 1 heterocycles. The molecule has 1 amide bonds. The van der Waals surface area contributed by atoms with Crippen molar-refractivity contribution < 1.29 is 9.28 Å². The van der Waals surface area contributed by atoms with Crippen molar-refractivity contribution in [2.75, 3.05) is 39.8 Å². The predicted octanol–water partition coefficient (Wildman–Crippen LogP) is 1.10. The summed E-state index contributed by atoms with van der Waals surface area (Å²) in [5.74, 6) is 0.314. The maximum atomic E-state index is 11.5. The Morgan fingerprint density at radius 2 is 2.00 bits per heavy atom. The number of likely N-dealkylation sites (N-methyl/N-ethyl adjacent to an activating group) is 1. The Balaban J connectivity index is 2.52. The molecule has 14 heavy (non-hydrogen) atoms. The number of rotatable bonds is 2. The summed E-state index contributed by atoms with van der Waals surface area (Å²) in [4.78, 5) is 13.6. The maximum absolute atomic E-state index is 11.5. The van der Waals surface area contributed by atoms with Gasteiger partial charge in [0, 0.05) is 19.4 Å². The number of hydrogen-bond acceptors (Lipinski definition) is 1. The zero-order valence-electron chi connectivity index (χ0n) is 9.75. The van der Waals surface area contributed by atoms with Crippen LogP contribution in [0, 0.1) is 0 Å².